The average Bonchev–Trinajstić information content (AvgIpc) is 3.01. The van der Waals surface area contributed by atoms with Crippen molar-refractivity contribution in [3.05, 3.63) is 53.6 Å². The molecule has 8 heteroatoms. The molecule has 0 aliphatic rings. The molecular weight excluding hydrogens is 308 g/mol. The summed E-state index contributed by atoms with van der Waals surface area (Å²) < 4.78 is 6.89. The summed E-state index contributed by atoms with van der Waals surface area (Å²) in [6, 6.07) is 8.77. The van der Waals surface area contributed by atoms with Crippen LogP contribution in [0.15, 0.2) is 36.5 Å². The molecule has 2 heterocycles. The first kappa shape index (κ1) is 15.6. The van der Waals surface area contributed by atoms with Gasteiger partial charge in [-0.15, -0.1) is 5.10 Å². The van der Waals surface area contributed by atoms with E-state index in [1.165, 1.54) is 0 Å². The highest BCUT2D eigenvalue weighted by Gasteiger charge is 2.13. The molecule has 3 rings (SSSR count). The van der Waals surface area contributed by atoms with Gasteiger partial charge >= 0.3 is 0 Å². The van der Waals surface area contributed by atoms with Gasteiger partial charge in [0.05, 0.1) is 12.7 Å². The summed E-state index contributed by atoms with van der Waals surface area (Å²) in [7, 11) is 1.56. The third-order valence-corrected chi connectivity index (χ3v) is 3.46. The monoisotopic (exact) mass is 324 g/mol. The van der Waals surface area contributed by atoms with Crippen molar-refractivity contribution >= 4 is 11.6 Å². The maximum absolute atomic E-state index is 12.3. The van der Waals surface area contributed by atoms with E-state index < -0.39 is 0 Å². The van der Waals surface area contributed by atoms with Gasteiger partial charge < -0.3 is 10.1 Å². The van der Waals surface area contributed by atoms with Crippen molar-refractivity contribution in [3.8, 4) is 11.4 Å². The van der Waals surface area contributed by atoms with Crippen LogP contribution >= 0.6 is 0 Å². The van der Waals surface area contributed by atoms with E-state index in [0.717, 1.165) is 5.69 Å². The lowest BCUT2D eigenvalue weighted by Gasteiger charge is -2.12. The Bertz CT molecular complexity index is 873. The second-order valence-corrected chi connectivity index (χ2v) is 5.17. The van der Waals surface area contributed by atoms with Crippen LogP contribution < -0.4 is 10.1 Å². The lowest BCUT2D eigenvalue weighted by atomic mass is 10.2. The highest BCUT2D eigenvalue weighted by molar-refractivity contribution is 6.04. The van der Waals surface area contributed by atoms with Gasteiger partial charge in [0.25, 0.3) is 5.91 Å². The van der Waals surface area contributed by atoms with Crippen LogP contribution in [0.5, 0.6) is 5.75 Å². The van der Waals surface area contributed by atoms with Gasteiger partial charge in [-0.25, -0.2) is 0 Å². The number of tetrazole rings is 1. The molecule has 0 aliphatic carbocycles. The van der Waals surface area contributed by atoms with Crippen molar-refractivity contribution in [2.24, 2.45) is 0 Å². The Hall–Kier alpha value is -3.29. The molecule has 0 radical (unpaired) electrons. The first-order chi connectivity index (χ1) is 11.6. The molecule has 0 saturated heterocycles. The van der Waals surface area contributed by atoms with Crippen molar-refractivity contribution in [2.45, 2.75) is 13.8 Å². The van der Waals surface area contributed by atoms with Gasteiger partial charge in [0.15, 0.2) is 5.82 Å². The number of ether oxygens (including phenoxy) is 1. The Labute approximate surface area is 138 Å². The standard InChI is InChI=1S/C16H16N6O2/c1-10-4-5-12(9-17-10)16(23)18-13-6-7-15(24-3)14(8-13)22-11(2)19-20-21-22/h4-9H,1-3H3,(H,18,23). The molecule has 0 aliphatic heterocycles. The third-order valence-electron chi connectivity index (χ3n) is 3.46. The molecule has 0 unspecified atom stereocenters. The molecule has 3 aromatic rings. The number of nitrogens with zero attached hydrogens (tertiary/aromatic N) is 5. The fourth-order valence-corrected chi connectivity index (χ4v) is 2.19. The molecule has 0 spiro atoms. The van der Waals surface area contributed by atoms with Crippen molar-refractivity contribution in [3.63, 3.8) is 0 Å². The number of benzene rings is 1. The van der Waals surface area contributed by atoms with Gasteiger partial charge in [0.2, 0.25) is 0 Å². The summed E-state index contributed by atoms with van der Waals surface area (Å²) >= 11 is 0. The molecule has 8 nitrogen and oxygen atoms in total. The SMILES string of the molecule is COc1ccc(NC(=O)c2ccc(C)nc2)cc1-n1nnnc1C. The van der Waals surface area contributed by atoms with Crippen molar-refractivity contribution in [2.75, 3.05) is 12.4 Å². The number of carbonyl (C=O) groups is 1. The van der Waals surface area contributed by atoms with Crippen molar-refractivity contribution < 1.29 is 9.53 Å². The van der Waals surface area contributed by atoms with Gasteiger partial charge in [0, 0.05) is 17.6 Å². The predicted octanol–water partition coefficient (Wildman–Crippen LogP) is 1.94. The Balaban J connectivity index is 1.90. The van der Waals surface area contributed by atoms with Crippen LogP contribution in [0.3, 0.4) is 0 Å². The van der Waals surface area contributed by atoms with E-state index in [2.05, 4.69) is 25.8 Å². The van der Waals surface area contributed by atoms with Crippen LogP contribution in [-0.4, -0.2) is 38.2 Å². The summed E-state index contributed by atoms with van der Waals surface area (Å²) in [6.07, 6.45) is 1.54. The first-order valence-electron chi connectivity index (χ1n) is 7.26. The molecular formula is C16H16N6O2. The number of amides is 1. The van der Waals surface area contributed by atoms with Crippen LogP contribution in [-0.2, 0) is 0 Å². The molecule has 0 saturated carbocycles. The number of hydrogen-bond acceptors (Lipinski definition) is 6. The minimum absolute atomic E-state index is 0.243. The largest absolute Gasteiger partial charge is 0.494 e. The summed E-state index contributed by atoms with van der Waals surface area (Å²) in [6.45, 7) is 3.65. The topological polar surface area (TPSA) is 94.8 Å². The maximum atomic E-state index is 12.3. The number of aromatic nitrogens is 5. The second kappa shape index (κ2) is 6.45. The minimum atomic E-state index is -0.243. The zero-order valence-electron chi connectivity index (χ0n) is 13.5. The van der Waals surface area contributed by atoms with E-state index in [1.807, 2.05) is 6.92 Å². The Morgan fingerprint density at radius 1 is 1.21 bits per heavy atom. The van der Waals surface area contributed by atoms with Gasteiger partial charge in [-0.2, -0.15) is 4.68 Å². The first-order valence-corrected chi connectivity index (χ1v) is 7.26. The number of hydrogen-bond donors (Lipinski definition) is 1. The highest BCUT2D eigenvalue weighted by Crippen LogP contribution is 2.26. The summed E-state index contributed by atoms with van der Waals surface area (Å²) in [4.78, 5) is 16.4. The van der Waals surface area contributed by atoms with Crippen LogP contribution in [0, 0.1) is 13.8 Å². The Kier molecular flexibility index (Phi) is 4.19. The van der Waals surface area contributed by atoms with E-state index in [1.54, 1.807) is 55.2 Å². The van der Waals surface area contributed by atoms with Gasteiger partial charge in [-0.05, 0) is 54.6 Å². The summed E-state index contributed by atoms with van der Waals surface area (Å²) in [5, 5.41) is 14.3. The zero-order chi connectivity index (χ0) is 17.1. The van der Waals surface area contributed by atoms with E-state index >= 15 is 0 Å². The number of rotatable bonds is 4. The van der Waals surface area contributed by atoms with Crippen LogP contribution in [0.2, 0.25) is 0 Å². The second-order valence-electron chi connectivity index (χ2n) is 5.17. The van der Waals surface area contributed by atoms with Gasteiger partial charge in [0.1, 0.15) is 11.4 Å². The lowest BCUT2D eigenvalue weighted by Crippen LogP contribution is -2.13. The van der Waals surface area contributed by atoms with Crippen LogP contribution in [0.1, 0.15) is 21.9 Å². The molecule has 0 bridgehead atoms. The average molecular weight is 324 g/mol. The summed E-state index contributed by atoms with van der Waals surface area (Å²) in [5.74, 6) is 0.965. The van der Waals surface area contributed by atoms with Gasteiger partial charge in [-0.3, -0.25) is 9.78 Å². The number of nitrogens with one attached hydrogen (secondary N) is 1. The Morgan fingerprint density at radius 2 is 2.04 bits per heavy atom. The smallest absolute Gasteiger partial charge is 0.257 e. The molecule has 1 N–H and O–H groups in total. The molecule has 0 atom stereocenters. The van der Waals surface area contributed by atoms with E-state index in [-0.39, 0.29) is 5.91 Å². The number of aryl methyl sites for hydroxylation is 2. The molecule has 24 heavy (non-hydrogen) atoms. The Morgan fingerprint density at radius 3 is 2.67 bits per heavy atom. The van der Waals surface area contributed by atoms with Crippen LogP contribution in [0.25, 0.3) is 5.69 Å². The van der Waals surface area contributed by atoms with E-state index in [0.29, 0.717) is 28.5 Å². The number of methoxy groups -OCH3 is 1. The van der Waals surface area contributed by atoms with Gasteiger partial charge in [-0.1, -0.05) is 0 Å². The summed E-state index contributed by atoms with van der Waals surface area (Å²) in [5.41, 5.74) is 2.58. The van der Waals surface area contributed by atoms with Crippen LogP contribution in [0.4, 0.5) is 5.69 Å². The van der Waals surface area contributed by atoms with E-state index in [9.17, 15) is 4.79 Å². The third kappa shape index (κ3) is 3.07. The molecule has 1 amide bonds. The molecule has 2 aromatic heterocycles. The molecule has 0 fully saturated rings. The zero-order valence-corrected chi connectivity index (χ0v) is 13.5. The lowest BCUT2D eigenvalue weighted by molar-refractivity contribution is 0.102. The maximum Gasteiger partial charge on any atom is 0.257 e. The highest BCUT2D eigenvalue weighted by atomic mass is 16.5. The van der Waals surface area contributed by atoms with Crippen molar-refractivity contribution in [1.29, 1.82) is 0 Å². The fourth-order valence-electron chi connectivity index (χ4n) is 2.19. The fraction of sp³-hybridized carbons (Fsp3) is 0.188. The normalized spacial score (nSPS) is 10.5. The molecule has 122 valence electrons. The van der Waals surface area contributed by atoms with Crippen molar-refractivity contribution in [1.82, 2.24) is 25.2 Å². The predicted molar refractivity (Wildman–Crippen MR) is 87.4 cm³/mol. The number of carbonyl (C=O) groups excluding carboxylic acids is 1. The quantitative estimate of drug-likeness (QED) is 0.788. The number of anilines is 1. The number of pyridine rings is 1. The minimum Gasteiger partial charge on any atom is -0.494 e. The molecule has 1 aromatic carbocycles. The van der Waals surface area contributed by atoms with E-state index in [4.69, 9.17) is 4.74 Å².